The summed E-state index contributed by atoms with van der Waals surface area (Å²) in [5, 5.41) is 10.4. The van der Waals surface area contributed by atoms with Crippen molar-refractivity contribution < 1.29 is 19.0 Å². The first kappa shape index (κ1) is 15.3. The molecule has 0 bridgehead atoms. The second kappa shape index (κ2) is 6.65. The molecular weight excluding hydrogens is 291 g/mol. The molecule has 1 aromatic rings. The highest BCUT2D eigenvalue weighted by Gasteiger charge is 2.42. The topological polar surface area (TPSA) is 38.7 Å². The van der Waals surface area contributed by atoms with Crippen LogP contribution in [0, 0.1) is 11.7 Å². The molecular formula is C16H21FO3S. The Kier molecular flexibility index (Phi) is 4.84. The third kappa shape index (κ3) is 3.77. The highest BCUT2D eigenvalue weighted by Crippen LogP contribution is 2.38. The number of aliphatic hydroxyl groups is 1. The van der Waals surface area contributed by atoms with Crippen molar-refractivity contribution >= 4 is 11.8 Å². The van der Waals surface area contributed by atoms with E-state index in [0.717, 1.165) is 30.8 Å². The summed E-state index contributed by atoms with van der Waals surface area (Å²) in [5.74, 6) is 0.661. The first-order chi connectivity index (χ1) is 10.2. The van der Waals surface area contributed by atoms with E-state index in [4.69, 9.17) is 9.47 Å². The summed E-state index contributed by atoms with van der Waals surface area (Å²) in [6.07, 6.45) is 2.34. The molecule has 2 aliphatic rings. The standard InChI is InChI=1S/C16H21FO3S/c17-13-1-3-14(4-2-13)21-10-15(18)12-5-7-20-16(9-12)6-8-19-11-16/h1-4,12,15,18H,5-11H2. The Balaban J connectivity index is 1.52. The molecule has 0 aliphatic carbocycles. The predicted molar refractivity (Wildman–Crippen MR) is 80.0 cm³/mol. The number of rotatable bonds is 4. The third-order valence-electron chi connectivity index (χ3n) is 4.38. The maximum absolute atomic E-state index is 12.9. The van der Waals surface area contributed by atoms with Gasteiger partial charge < -0.3 is 14.6 Å². The average Bonchev–Trinajstić information content (AvgIpc) is 2.94. The number of benzene rings is 1. The van der Waals surface area contributed by atoms with Crippen molar-refractivity contribution in [2.75, 3.05) is 25.6 Å². The van der Waals surface area contributed by atoms with Crippen molar-refractivity contribution in [3.63, 3.8) is 0 Å². The molecule has 2 heterocycles. The normalized spacial score (nSPS) is 30.7. The van der Waals surface area contributed by atoms with Gasteiger partial charge in [0.25, 0.3) is 0 Å². The summed E-state index contributed by atoms with van der Waals surface area (Å²) in [4.78, 5) is 0.987. The Morgan fingerprint density at radius 1 is 1.33 bits per heavy atom. The lowest BCUT2D eigenvalue weighted by atomic mass is 9.82. The van der Waals surface area contributed by atoms with Crippen LogP contribution in [0.4, 0.5) is 4.39 Å². The molecule has 5 heteroatoms. The summed E-state index contributed by atoms with van der Waals surface area (Å²) in [6.45, 7) is 2.11. The van der Waals surface area contributed by atoms with Gasteiger partial charge in [-0.1, -0.05) is 0 Å². The molecule has 0 saturated carbocycles. The van der Waals surface area contributed by atoms with Gasteiger partial charge in [-0.25, -0.2) is 4.39 Å². The quantitative estimate of drug-likeness (QED) is 0.868. The van der Waals surface area contributed by atoms with Crippen molar-refractivity contribution in [1.82, 2.24) is 0 Å². The van der Waals surface area contributed by atoms with E-state index in [2.05, 4.69) is 0 Å². The number of halogens is 1. The fourth-order valence-corrected chi connectivity index (χ4v) is 4.07. The van der Waals surface area contributed by atoms with Gasteiger partial charge in [-0.05, 0) is 43.0 Å². The molecule has 1 N–H and O–H groups in total. The lowest BCUT2D eigenvalue weighted by molar-refractivity contribution is -0.113. The molecule has 2 fully saturated rings. The highest BCUT2D eigenvalue weighted by molar-refractivity contribution is 7.99. The zero-order chi connectivity index (χ0) is 14.7. The van der Waals surface area contributed by atoms with Gasteiger partial charge in [-0.2, -0.15) is 0 Å². The summed E-state index contributed by atoms with van der Waals surface area (Å²) in [7, 11) is 0. The van der Waals surface area contributed by atoms with Crippen LogP contribution in [0.2, 0.25) is 0 Å². The molecule has 116 valence electrons. The minimum absolute atomic E-state index is 0.162. The molecule has 21 heavy (non-hydrogen) atoms. The summed E-state index contributed by atoms with van der Waals surface area (Å²) in [6, 6.07) is 6.41. The van der Waals surface area contributed by atoms with E-state index >= 15 is 0 Å². The van der Waals surface area contributed by atoms with Crippen molar-refractivity contribution in [2.45, 2.75) is 35.9 Å². The van der Waals surface area contributed by atoms with Crippen LogP contribution in [-0.4, -0.2) is 42.4 Å². The number of thioether (sulfide) groups is 1. The molecule has 2 aliphatic heterocycles. The van der Waals surface area contributed by atoms with Crippen LogP contribution < -0.4 is 0 Å². The molecule has 1 aromatic carbocycles. The molecule has 0 aromatic heterocycles. The molecule has 3 rings (SSSR count). The van der Waals surface area contributed by atoms with Gasteiger partial charge in [0.15, 0.2) is 0 Å². The average molecular weight is 312 g/mol. The lowest BCUT2D eigenvalue weighted by Gasteiger charge is -2.38. The van der Waals surface area contributed by atoms with Gasteiger partial charge in [0.2, 0.25) is 0 Å². The number of hydrogen-bond acceptors (Lipinski definition) is 4. The van der Waals surface area contributed by atoms with Crippen molar-refractivity contribution in [1.29, 1.82) is 0 Å². The van der Waals surface area contributed by atoms with E-state index in [1.54, 1.807) is 23.9 Å². The van der Waals surface area contributed by atoms with Crippen molar-refractivity contribution in [2.24, 2.45) is 5.92 Å². The number of aliphatic hydroxyl groups excluding tert-OH is 1. The summed E-state index contributed by atoms with van der Waals surface area (Å²) in [5.41, 5.74) is -0.162. The van der Waals surface area contributed by atoms with Crippen LogP contribution in [0.3, 0.4) is 0 Å². The maximum Gasteiger partial charge on any atom is 0.123 e. The zero-order valence-electron chi connectivity index (χ0n) is 12.0. The van der Waals surface area contributed by atoms with Gasteiger partial charge in [-0.15, -0.1) is 11.8 Å². The van der Waals surface area contributed by atoms with Crippen LogP contribution in [0.25, 0.3) is 0 Å². The predicted octanol–water partition coefficient (Wildman–Crippen LogP) is 2.86. The molecule has 3 atom stereocenters. The first-order valence-corrected chi connectivity index (χ1v) is 8.44. The van der Waals surface area contributed by atoms with Gasteiger partial charge in [-0.3, -0.25) is 0 Å². The molecule has 3 unspecified atom stereocenters. The molecule has 1 spiro atoms. The van der Waals surface area contributed by atoms with E-state index in [9.17, 15) is 9.50 Å². The molecule has 0 radical (unpaired) electrons. The maximum atomic E-state index is 12.9. The molecule has 0 amide bonds. The Bertz CT molecular complexity index is 459. The van der Waals surface area contributed by atoms with Crippen LogP contribution in [0.5, 0.6) is 0 Å². The molecule has 3 nitrogen and oxygen atoms in total. The fraction of sp³-hybridized carbons (Fsp3) is 0.625. The van der Waals surface area contributed by atoms with Crippen molar-refractivity contribution in [3.8, 4) is 0 Å². The lowest BCUT2D eigenvalue weighted by Crippen LogP contribution is -2.44. The molecule has 2 saturated heterocycles. The van der Waals surface area contributed by atoms with Crippen molar-refractivity contribution in [3.05, 3.63) is 30.1 Å². The minimum Gasteiger partial charge on any atom is -0.392 e. The van der Waals surface area contributed by atoms with Gasteiger partial charge >= 0.3 is 0 Å². The number of ether oxygens (including phenoxy) is 2. The first-order valence-electron chi connectivity index (χ1n) is 7.45. The van der Waals surface area contributed by atoms with Crippen LogP contribution >= 0.6 is 11.8 Å². The van der Waals surface area contributed by atoms with Crippen LogP contribution in [0.15, 0.2) is 29.2 Å². The van der Waals surface area contributed by atoms with E-state index in [-0.39, 0.29) is 23.4 Å². The van der Waals surface area contributed by atoms with Gasteiger partial charge in [0.05, 0.1) is 18.3 Å². The summed E-state index contributed by atoms with van der Waals surface area (Å²) >= 11 is 1.57. The van der Waals surface area contributed by atoms with Gasteiger partial charge in [0.1, 0.15) is 5.82 Å². The minimum atomic E-state index is -0.360. The Hall–Kier alpha value is -0.620. The third-order valence-corrected chi connectivity index (χ3v) is 5.49. The monoisotopic (exact) mass is 312 g/mol. The van der Waals surface area contributed by atoms with Gasteiger partial charge in [0, 0.05) is 30.3 Å². The van der Waals surface area contributed by atoms with E-state index < -0.39 is 0 Å². The summed E-state index contributed by atoms with van der Waals surface area (Å²) < 4.78 is 24.2. The van der Waals surface area contributed by atoms with E-state index in [1.165, 1.54) is 12.1 Å². The second-order valence-electron chi connectivity index (χ2n) is 5.92. The van der Waals surface area contributed by atoms with E-state index in [1.807, 2.05) is 0 Å². The Morgan fingerprint density at radius 3 is 2.86 bits per heavy atom. The Labute approximate surface area is 128 Å². The highest BCUT2D eigenvalue weighted by atomic mass is 32.2. The SMILES string of the molecule is OC(CSc1ccc(F)cc1)C1CCOC2(CCOC2)C1. The second-order valence-corrected chi connectivity index (χ2v) is 7.01. The zero-order valence-corrected chi connectivity index (χ0v) is 12.8. The number of hydrogen-bond donors (Lipinski definition) is 1. The van der Waals surface area contributed by atoms with Crippen LogP contribution in [-0.2, 0) is 9.47 Å². The largest absolute Gasteiger partial charge is 0.392 e. The smallest absolute Gasteiger partial charge is 0.123 e. The van der Waals surface area contributed by atoms with Crippen LogP contribution in [0.1, 0.15) is 19.3 Å². The van der Waals surface area contributed by atoms with E-state index in [0.29, 0.717) is 19.0 Å². The Morgan fingerprint density at radius 2 is 2.14 bits per heavy atom. The fourth-order valence-electron chi connectivity index (χ4n) is 3.11.